The molecule has 1 aliphatic heterocycles. The molecule has 2 unspecified atom stereocenters. The molecule has 170 valence electrons. The van der Waals surface area contributed by atoms with E-state index in [2.05, 4.69) is 33.8 Å². The van der Waals surface area contributed by atoms with Gasteiger partial charge in [0.2, 0.25) is 0 Å². The molecule has 3 heteroatoms. The summed E-state index contributed by atoms with van der Waals surface area (Å²) in [7, 11) is 0. The van der Waals surface area contributed by atoms with Crippen LogP contribution in [-0.4, -0.2) is 35.1 Å². The van der Waals surface area contributed by atoms with Crippen molar-refractivity contribution in [3.05, 3.63) is 11.6 Å². The van der Waals surface area contributed by atoms with Gasteiger partial charge in [0.25, 0.3) is 0 Å². The van der Waals surface area contributed by atoms with Crippen LogP contribution in [0.15, 0.2) is 11.6 Å². The van der Waals surface area contributed by atoms with Crippen molar-refractivity contribution in [1.29, 1.82) is 0 Å². The number of rotatable bonds is 4. The summed E-state index contributed by atoms with van der Waals surface area (Å²) >= 11 is 0. The summed E-state index contributed by atoms with van der Waals surface area (Å²) in [5.41, 5.74) is 2.33. The number of aliphatic hydroxyl groups is 2. The van der Waals surface area contributed by atoms with Gasteiger partial charge in [0.05, 0.1) is 18.3 Å². The van der Waals surface area contributed by atoms with Crippen molar-refractivity contribution in [2.45, 2.75) is 104 Å². The van der Waals surface area contributed by atoms with E-state index in [1.54, 1.807) is 5.57 Å². The maximum Gasteiger partial charge on any atom is 0.0618 e. The third-order valence-electron chi connectivity index (χ3n) is 10.9. The molecule has 5 aliphatic rings. The lowest BCUT2D eigenvalue weighted by molar-refractivity contribution is -0.0590. The van der Waals surface area contributed by atoms with Crippen LogP contribution >= 0.6 is 0 Å². The molecule has 0 amide bonds. The number of hydrogen-bond donors (Lipinski definition) is 2. The molecule has 0 aromatic carbocycles. The van der Waals surface area contributed by atoms with Gasteiger partial charge in [0.1, 0.15) is 0 Å². The monoisotopic (exact) mass is 416 g/mol. The molecule has 3 nitrogen and oxygen atoms in total. The normalized spacial score (nSPS) is 53.3. The van der Waals surface area contributed by atoms with Gasteiger partial charge in [0.15, 0.2) is 0 Å². The van der Waals surface area contributed by atoms with Gasteiger partial charge in [0, 0.05) is 6.61 Å². The third-order valence-corrected chi connectivity index (χ3v) is 10.9. The molecule has 4 aliphatic carbocycles. The zero-order valence-electron chi connectivity index (χ0n) is 19.6. The smallest absolute Gasteiger partial charge is 0.0618 e. The molecule has 0 aromatic heterocycles. The minimum Gasteiger partial charge on any atom is -0.396 e. The number of aliphatic hydroxyl groups excluding tert-OH is 2. The van der Waals surface area contributed by atoms with Crippen molar-refractivity contribution in [2.75, 3.05) is 6.61 Å². The van der Waals surface area contributed by atoms with Crippen molar-refractivity contribution in [1.82, 2.24) is 0 Å². The van der Waals surface area contributed by atoms with Crippen LogP contribution in [0.25, 0.3) is 0 Å². The first-order valence-corrected chi connectivity index (χ1v) is 12.9. The summed E-state index contributed by atoms with van der Waals surface area (Å²) in [5.74, 6) is 4.15. The molecule has 1 saturated heterocycles. The number of ether oxygens (including phenoxy) is 1. The first-order chi connectivity index (χ1) is 14.3. The van der Waals surface area contributed by atoms with Crippen molar-refractivity contribution in [2.24, 2.45) is 46.3 Å². The standard InChI is InChI=1S/C27H44O3/c1-16(15-28)5-8-23-17(2)25-24(30-23)14-22-20-7-6-18-13-19(29)9-11-26(18,3)21(20)10-12-27(22,25)4/h6,16-17,19-25,28-29H,5,7-15H2,1-4H3/t16?,17-,19+,20-,21+,22+,23?,24+,25+,26+,27+/m1/s1. The number of hydrogen-bond acceptors (Lipinski definition) is 3. The predicted octanol–water partition coefficient (Wildman–Crippen LogP) is 5.35. The molecule has 30 heavy (non-hydrogen) atoms. The van der Waals surface area contributed by atoms with Crippen molar-refractivity contribution in [3.63, 3.8) is 0 Å². The van der Waals surface area contributed by atoms with Crippen LogP contribution in [0.4, 0.5) is 0 Å². The molecule has 0 aromatic rings. The minimum atomic E-state index is -0.111. The molecule has 0 radical (unpaired) electrons. The van der Waals surface area contributed by atoms with Crippen LogP contribution in [0.5, 0.6) is 0 Å². The summed E-state index contributed by atoms with van der Waals surface area (Å²) in [6.45, 7) is 10.0. The second kappa shape index (κ2) is 7.59. The van der Waals surface area contributed by atoms with E-state index in [1.807, 2.05) is 0 Å². The van der Waals surface area contributed by atoms with Crippen LogP contribution in [0, 0.1) is 46.3 Å². The average Bonchev–Trinajstić information content (AvgIpc) is 3.20. The van der Waals surface area contributed by atoms with E-state index < -0.39 is 0 Å². The second-order valence-corrected chi connectivity index (χ2v) is 12.4. The van der Waals surface area contributed by atoms with Gasteiger partial charge in [-0.3, -0.25) is 0 Å². The first-order valence-electron chi connectivity index (χ1n) is 12.9. The van der Waals surface area contributed by atoms with E-state index in [4.69, 9.17) is 4.74 Å². The van der Waals surface area contributed by atoms with Gasteiger partial charge in [-0.25, -0.2) is 0 Å². The van der Waals surface area contributed by atoms with Crippen LogP contribution in [0.3, 0.4) is 0 Å². The topological polar surface area (TPSA) is 49.7 Å². The molecule has 0 spiro atoms. The van der Waals surface area contributed by atoms with Gasteiger partial charge in [-0.15, -0.1) is 0 Å². The van der Waals surface area contributed by atoms with Crippen LogP contribution in [0.2, 0.25) is 0 Å². The molecule has 5 rings (SSSR count). The average molecular weight is 417 g/mol. The van der Waals surface area contributed by atoms with E-state index in [0.717, 1.165) is 43.4 Å². The summed E-state index contributed by atoms with van der Waals surface area (Å²) in [5, 5.41) is 19.6. The van der Waals surface area contributed by atoms with Crippen LogP contribution in [-0.2, 0) is 4.74 Å². The van der Waals surface area contributed by atoms with E-state index in [1.165, 1.54) is 32.1 Å². The Hall–Kier alpha value is -0.380. The molecular weight excluding hydrogens is 372 g/mol. The highest BCUT2D eigenvalue weighted by atomic mass is 16.5. The van der Waals surface area contributed by atoms with Crippen LogP contribution < -0.4 is 0 Å². The number of allylic oxidation sites excluding steroid dienone is 1. The largest absolute Gasteiger partial charge is 0.396 e. The van der Waals surface area contributed by atoms with Gasteiger partial charge in [-0.1, -0.05) is 39.3 Å². The highest BCUT2D eigenvalue weighted by Crippen LogP contribution is 2.69. The SMILES string of the molecule is CC(CO)CCC1O[C@H]2C[C@H]3[C@@H]4CC=C5C[C@@H](O)CC[C@]5(C)[C@H]4CC[C@]3(C)[C@H]2[C@@H]1C. The molecule has 4 fully saturated rings. The maximum atomic E-state index is 10.2. The van der Waals surface area contributed by atoms with Gasteiger partial charge >= 0.3 is 0 Å². The van der Waals surface area contributed by atoms with Crippen molar-refractivity contribution >= 4 is 0 Å². The Morgan fingerprint density at radius 1 is 1.20 bits per heavy atom. The van der Waals surface area contributed by atoms with E-state index in [-0.39, 0.29) is 6.10 Å². The molecule has 1 heterocycles. The lowest BCUT2D eigenvalue weighted by Gasteiger charge is -2.58. The number of fused-ring (bicyclic) bond motifs is 7. The summed E-state index contributed by atoms with van der Waals surface area (Å²) < 4.78 is 6.75. The fraction of sp³-hybridized carbons (Fsp3) is 0.926. The quantitative estimate of drug-likeness (QED) is 0.608. The molecule has 11 atom stereocenters. The summed E-state index contributed by atoms with van der Waals surface area (Å²) in [6.07, 6.45) is 13.8. The fourth-order valence-corrected chi connectivity index (χ4v) is 9.20. The highest BCUT2D eigenvalue weighted by molar-refractivity contribution is 5.26. The van der Waals surface area contributed by atoms with E-state index in [9.17, 15) is 10.2 Å². The van der Waals surface area contributed by atoms with Crippen molar-refractivity contribution in [3.8, 4) is 0 Å². The summed E-state index contributed by atoms with van der Waals surface area (Å²) in [4.78, 5) is 0. The molecule has 2 N–H and O–H groups in total. The van der Waals surface area contributed by atoms with Gasteiger partial charge < -0.3 is 14.9 Å². The molecule has 3 saturated carbocycles. The Morgan fingerprint density at radius 2 is 2.00 bits per heavy atom. The van der Waals surface area contributed by atoms with Gasteiger partial charge in [-0.05, 0) is 104 Å². The predicted molar refractivity (Wildman–Crippen MR) is 120 cm³/mol. The minimum absolute atomic E-state index is 0.111. The zero-order valence-corrected chi connectivity index (χ0v) is 19.6. The Morgan fingerprint density at radius 3 is 2.77 bits per heavy atom. The Kier molecular flexibility index (Phi) is 5.43. The lowest BCUT2D eigenvalue weighted by Crippen LogP contribution is -2.51. The maximum absolute atomic E-state index is 10.2. The Labute approximate surface area is 183 Å². The Bertz CT molecular complexity index is 688. The first kappa shape index (κ1) is 21.5. The van der Waals surface area contributed by atoms with Crippen molar-refractivity contribution < 1.29 is 14.9 Å². The molecule has 0 bridgehead atoms. The fourth-order valence-electron chi connectivity index (χ4n) is 9.20. The molecular formula is C27H44O3. The Balaban J connectivity index is 1.34. The summed E-state index contributed by atoms with van der Waals surface area (Å²) in [6, 6.07) is 0. The van der Waals surface area contributed by atoms with Gasteiger partial charge in [-0.2, -0.15) is 0 Å². The van der Waals surface area contributed by atoms with E-state index in [0.29, 0.717) is 47.4 Å². The second-order valence-electron chi connectivity index (χ2n) is 12.4. The van der Waals surface area contributed by atoms with E-state index >= 15 is 0 Å². The highest BCUT2D eigenvalue weighted by Gasteiger charge is 2.64. The van der Waals surface area contributed by atoms with Crippen LogP contribution in [0.1, 0.15) is 85.5 Å². The zero-order chi connectivity index (χ0) is 21.3. The third kappa shape index (κ3) is 3.09. The lowest BCUT2D eigenvalue weighted by atomic mass is 9.47.